The monoisotopic (exact) mass is 259 g/mol. The van der Waals surface area contributed by atoms with E-state index in [0.29, 0.717) is 31.9 Å². The van der Waals surface area contributed by atoms with E-state index in [2.05, 4.69) is 5.32 Å². The molecule has 18 heavy (non-hydrogen) atoms. The van der Waals surface area contributed by atoms with E-state index in [1.807, 2.05) is 0 Å². The Bertz CT molecular complexity index is 361. The third-order valence-electron chi connectivity index (χ3n) is 2.58. The predicted octanol–water partition coefficient (Wildman–Crippen LogP) is 2.28. The van der Waals surface area contributed by atoms with Crippen molar-refractivity contribution >= 4 is 0 Å². The summed E-state index contributed by atoms with van der Waals surface area (Å²) in [4.78, 5) is 0. The number of hydrogen-bond acceptors (Lipinski definition) is 3. The third kappa shape index (κ3) is 4.68. The SMILES string of the molecule is COCCOCCNC(C)c1cccc(F)c1F. The maximum absolute atomic E-state index is 13.5. The second-order valence-electron chi connectivity index (χ2n) is 3.92. The summed E-state index contributed by atoms with van der Waals surface area (Å²) in [7, 11) is 1.61. The van der Waals surface area contributed by atoms with Gasteiger partial charge in [-0.05, 0) is 13.0 Å². The molecule has 0 aliphatic rings. The zero-order valence-electron chi connectivity index (χ0n) is 10.7. The molecule has 0 radical (unpaired) electrons. The normalized spacial score (nSPS) is 12.7. The summed E-state index contributed by atoms with van der Waals surface area (Å²) in [5.41, 5.74) is 0.326. The van der Waals surface area contributed by atoms with Crippen LogP contribution in [0.25, 0.3) is 0 Å². The van der Waals surface area contributed by atoms with Crippen LogP contribution in [0, 0.1) is 11.6 Å². The number of halogens is 2. The van der Waals surface area contributed by atoms with Crippen LogP contribution < -0.4 is 5.32 Å². The van der Waals surface area contributed by atoms with Crippen LogP contribution in [0.4, 0.5) is 8.78 Å². The summed E-state index contributed by atoms with van der Waals surface area (Å²) in [5, 5.41) is 3.07. The van der Waals surface area contributed by atoms with Gasteiger partial charge in [-0.1, -0.05) is 12.1 Å². The standard InChI is InChI=1S/C13H19F2NO2/c1-10(16-6-7-18-9-8-17-2)11-4-3-5-12(14)13(11)15/h3-5,10,16H,6-9H2,1-2H3. The zero-order chi connectivity index (χ0) is 13.4. The highest BCUT2D eigenvalue weighted by Crippen LogP contribution is 2.18. The molecule has 0 fully saturated rings. The van der Waals surface area contributed by atoms with E-state index < -0.39 is 11.6 Å². The predicted molar refractivity (Wildman–Crippen MR) is 65.5 cm³/mol. The van der Waals surface area contributed by atoms with Crippen molar-refractivity contribution in [2.45, 2.75) is 13.0 Å². The van der Waals surface area contributed by atoms with Crippen molar-refractivity contribution in [3.05, 3.63) is 35.4 Å². The smallest absolute Gasteiger partial charge is 0.163 e. The van der Waals surface area contributed by atoms with Crippen LogP contribution in [-0.4, -0.2) is 33.5 Å². The van der Waals surface area contributed by atoms with Crippen LogP contribution in [0.15, 0.2) is 18.2 Å². The van der Waals surface area contributed by atoms with Crippen molar-refractivity contribution in [2.75, 3.05) is 33.5 Å². The Morgan fingerprint density at radius 3 is 2.72 bits per heavy atom. The lowest BCUT2D eigenvalue weighted by molar-refractivity contribution is 0.0712. The van der Waals surface area contributed by atoms with Crippen LogP contribution in [0.5, 0.6) is 0 Å². The number of hydrogen-bond donors (Lipinski definition) is 1. The van der Waals surface area contributed by atoms with E-state index >= 15 is 0 Å². The van der Waals surface area contributed by atoms with Crippen LogP contribution >= 0.6 is 0 Å². The molecule has 0 aromatic heterocycles. The topological polar surface area (TPSA) is 30.5 Å². The molecule has 1 aromatic rings. The fourth-order valence-corrected chi connectivity index (χ4v) is 1.56. The first-order chi connectivity index (χ1) is 8.66. The number of ether oxygens (including phenoxy) is 2. The molecule has 0 aliphatic heterocycles. The molecule has 1 unspecified atom stereocenters. The molecular weight excluding hydrogens is 240 g/mol. The Labute approximate surface area is 106 Å². The maximum atomic E-state index is 13.5. The van der Waals surface area contributed by atoms with E-state index in [-0.39, 0.29) is 6.04 Å². The van der Waals surface area contributed by atoms with Gasteiger partial charge in [0.1, 0.15) is 0 Å². The summed E-state index contributed by atoms with van der Waals surface area (Å²) in [6.45, 7) is 3.94. The Balaban J connectivity index is 2.32. The van der Waals surface area contributed by atoms with Crippen molar-refractivity contribution < 1.29 is 18.3 Å². The highest BCUT2D eigenvalue weighted by Gasteiger charge is 2.13. The van der Waals surface area contributed by atoms with Crippen molar-refractivity contribution in [2.24, 2.45) is 0 Å². The lowest BCUT2D eigenvalue weighted by atomic mass is 10.1. The van der Waals surface area contributed by atoms with Gasteiger partial charge in [-0.25, -0.2) is 8.78 Å². The van der Waals surface area contributed by atoms with Gasteiger partial charge < -0.3 is 14.8 Å². The highest BCUT2D eigenvalue weighted by atomic mass is 19.2. The molecule has 0 bridgehead atoms. The van der Waals surface area contributed by atoms with E-state index in [0.717, 1.165) is 6.07 Å². The van der Waals surface area contributed by atoms with Gasteiger partial charge >= 0.3 is 0 Å². The molecule has 5 heteroatoms. The van der Waals surface area contributed by atoms with E-state index in [1.54, 1.807) is 20.1 Å². The molecule has 102 valence electrons. The van der Waals surface area contributed by atoms with Crippen LogP contribution in [-0.2, 0) is 9.47 Å². The molecule has 3 nitrogen and oxygen atoms in total. The van der Waals surface area contributed by atoms with E-state index in [4.69, 9.17) is 9.47 Å². The fourth-order valence-electron chi connectivity index (χ4n) is 1.56. The van der Waals surface area contributed by atoms with Crippen LogP contribution in [0.3, 0.4) is 0 Å². The zero-order valence-corrected chi connectivity index (χ0v) is 10.7. The van der Waals surface area contributed by atoms with Crippen LogP contribution in [0.1, 0.15) is 18.5 Å². The quantitative estimate of drug-likeness (QED) is 0.726. The third-order valence-corrected chi connectivity index (χ3v) is 2.58. The summed E-state index contributed by atoms with van der Waals surface area (Å²) >= 11 is 0. The number of nitrogens with one attached hydrogen (secondary N) is 1. The van der Waals surface area contributed by atoms with Gasteiger partial charge in [0.05, 0.1) is 19.8 Å². The number of rotatable bonds is 8. The lowest BCUT2D eigenvalue weighted by Gasteiger charge is -2.15. The number of benzene rings is 1. The maximum Gasteiger partial charge on any atom is 0.163 e. The minimum Gasteiger partial charge on any atom is -0.382 e. The van der Waals surface area contributed by atoms with Gasteiger partial charge in [0.2, 0.25) is 0 Å². The molecule has 1 N–H and O–H groups in total. The van der Waals surface area contributed by atoms with Gasteiger partial charge in [0.15, 0.2) is 11.6 Å². The second-order valence-corrected chi connectivity index (χ2v) is 3.92. The van der Waals surface area contributed by atoms with Gasteiger partial charge in [0, 0.05) is 25.3 Å². The first-order valence-corrected chi connectivity index (χ1v) is 5.90. The van der Waals surface area contributed by atoms with Gasteiger partial charge in [-0.15, -0.1) is 0 Å². The Morgan fingerprint density at radius 2 is 2.00 bits per heavy atom. The Hall–Kier alpha value is -1.04. The van der Waals surface area contributed by atoms with Crippen molar-refractivity contribution in [1.29, 1.82) is 0 Å². The fraction of sp³-hybridized carbons (Fsp3) is 0.538. The molecule has 0 heterocycles. The summed E-state index contributed by atoms with van der Waals surface area (Å²) in [5.74, 6) is -1.62. The first-order valence-electron chi connectivity index (χ1n) is 5.90. The van der Waals surface area contributed by atoms with E-state index in [9.17, 15) is 8.78 Å². The van der Waals surface area contributed by atoms with Crippen molar-refractivity contribution in [3.8, 4) is 0 Å². The van der Waals surface area contributed by atoms with Crippen LogP contribution in [0.2, 0.25) is 0 Å². The van der Waals surface area contributed by atoms with Gasteiger partial charge in [-0.3, -0.25) is 0 Å². The minimum absolute atomic E-state index is 0.258. The Morgan fingerprint density at radius 1 is 1.22 bits per heavy atom. The van der Waals surface area contributed by atoms with E-state index in [1.165, 1.54) is 6.07 Å². The summed E-state index contributed by atoms with van der Waals surface area (Å²) in [6.07, 6.45) is 0. The lowest BCUT2D eigenvalue weighted by Crippen LogP contribution is -2.24. The average molecular weight is 259 g/mol. The van der Waals surface area contributed by atoms with Gasteiger partial charge in [-0.2, -0.15) is 0 Å². The molecule has 1 rings (SSSR count). The molecule has 0 saturated heterocycles. The molecule has 0 aliphatic carbocycles. The molecule has 0 spiro atoms. The molecule has 1 atom stereocenters. The molecule has 1 aromatic carbocycles. The minimum atomic E-state index is -0.822. The largest absolute Gasteiger partial charge is 0.382 e. The molecule has 0 amide bonds. The molecule has 0 saturated carbocycles. The summed E-state index contributed by atoms with van der Waals surface area (Å²) < 4.78 is 36.6. The van der Waals surface area contributed by atoms with Crippen molar-refractivity contribution in [3.63, 3.8) is 0 Å². The Kier molecular flexibility index (Phi) is 6.78. The second kappa shape index (κ2) is 8.13. The van der Waals surface area contributed by atoms with Crippen molar-refractivity contribution in [1.82, 2.24) is 5.32 Å². The first kappa shape index (κ1) is 15.0. The molecular formula is C13H19F2NO2. The average Bonchev–Trinajstić information content (AvgIpc) is 2.36. The summed E-state index contributed by atoms with van der Waals surface area (Å²) in [6, 6.07) is 3.93. The van der Waals surface area contributed by atoms with Gasteiger partial charge in [0.25, 0.3) is 0 Å². The highest BCUT2D eigenvalue weighted by molar-refractivity contribution is 5.21. The number of methoxy groups -OCH3 is 1.